The molecule has 8 heteroatoms. The first kappa shape index (κ1) is 15.9. The molecule has 1 aliphatic rings. The van der Waals surface area contributed by atoms with E-state index in [0.717, 1.165) is 24.6 Å². The SMILES string of the molecule is O=C1[C@H](NCc2csnn2)CCCN1Cc1ccc(F)cc1F. The normalized spacial score (nSPS) is 18.4. The van der Waals surface area contributed by atoms with Crippen LogP contribution in [0.3, 0.4) is 0 Å². The number of hydrogen-bond acceptors (Lipinski definition) is 5. The maximum Gasteiger partial charge on any atom is 0.240 e. The summed E-state index contributed by atoms with van der Waals surface area (Å²) in [6, 6.07) is 3.12. The second kappa shape index (κ2) is 7.10. The minimum Gasteiger partial charge on any atom is -0.337 e. The minimum atomic E-state index is -0.624. The van der Waals surface area contributed by atoms with Crippen molar-refractivity contribution >= 4 is 17.4 Å². The van der Waals surface area contributed by atoms with Gasteiger partial charge in [-0.3, -0.25) is 4.79 Å². The first-order valence-corrected chi connectivity index (χ1v) is 8.19. The molecule has 1 aromatic heterocycles. The van der Waals surface area contributed by atoms with Crippen molar-refractivity contribution in [3.63, 3.8) is 0 Å². The van der Waals surface area contributed by atoms with Crippen molar-refractivity contribution in [3.8, 4) is 0 Å². The molecule has 1 saturated heterocycles. The lowest BCUT2D eigenvalue weighted by molar-refractivity contribution is -0.136. The van der Waals surface area contributed by atoms with Crippen LogP contribution in [0.1, 0.15) is 24.1 Å². The zero-order chi connectivity index (χ0) is 16.2. The van der Waals surface area contributed by atoms with Crippen LogP contribution in [-0.4, -0.2) is 33.0 Å². The van der Waals surface area contributed by atoms with Gasteiger partial charge in [-0.25, -0.2) is 8.78 Å². The van der Waals surface area contributed by atoms with Crippen molar-refractivity contribution in [2.45, 2.75) is 32.0 Å². The van der Waals surface area contributed by atoms with E-state index in [2.05, 4.69) is 14.9 Å². The van der Waals surface area contributed by atoms with Gasteiger partial charge in [-0.2, -0.15) is 0 Å². The lowest BCUT2D eigenvalue weighted by Crippen LogP contribution is -2.50. The molecule has 2 aromatic rings. The average Bonchev–Trinajstić information content (AvgIpc) is 3.04. The summed E-state index contributed by atoms with van der Waals surface area (Å²) in [7, 11) is 0. The third kappa shape index (κ3) is 3.89. The molecule has 0 radical (unpaired) electrons. The van der Waals surface area contributed by atoms with Gasteiger partial charge in [0.2, 0.25) is 5.91 Å². The van der Waals surface area contributed by atoms with E-state index in [1.54, 1.807) is 4.90 Å². The number of halogens is 2. The predicted octanol–water partition coefficient (Wildman–Crippen LogP) is 2.10. The molecule has 0 spiro atoms. The van der Waals surface area contributed by atoms with Crippen molar-refractivity contribution in [1.29, 1.82) is 0 Å². The van der Waals surface area contributed by atoms with E-state index in [4.69, 9.17) is 0 Å². The zero-order valence-electron chi connectivity index (χ0n) is 12.3. The van der Waals surface area contributed by atoms with Crippen molar-refractivity contribution in [2.75, 3.05) is 6.54 Å². The number of hydrogen-bond donors (Lipinski definition) is 1. The largest absolute Gasteiger partial charge is 0.337 e. The second-order valence-corrected chi connectivity index (χ2v) is 6.08. The first-order valence-electron chi connectivity index (χ1n) is 7.35. The van der Waals surface area contributed by atoms with Crippen LogP contribution in [0, 0.1) is 11.6 Å². The molecule has 0 saturated carbocycles. The van der Waals surface area contributed by atoms with Crippen LogP contribution in [0.2, 0.25) is 0 Å². The van der Waals surface area contributed by atoms with Crippen LogP contribution in [0.15, 0.2) is 23.6 Å². The van der Waals surface area contributed by atoms with Crippen LogP contribution in [-0.2, 0) is 17.9 Å². The number of amides is 1. The number of likely N-dealkylation sites (tertiary alicyclic amines) is 1. The van der Waals surface area contributed by atoms with E-state index in [1.165, 1.54) is 23.7 Å². The summed E-state index contributed by atoms with van der Waals surface area (Å²) < 4.78 is 30.5. The molecule has 2 heterocycles. The fourth-order valence-corrected chi connectivity index (χ4v) is 3.08. The zero-order valence-corrected chi connectivity index (χ0v) is 13.2. The Kier molecular flexibility index (Phi) is 4.92. The maximum absolute atomic E-state index is 13.8. The fraction of sp³-hybridized carbons (Fsp3) is 0.400. The highest BCUT2D eigenvalue weighted by Crippen LogP contribution is 2.18. The summed E-state index contributed by atoms with van der Waals surface area (Å²) in [5, 5.41) is 8.93. The molecule has 23 heavy (non-hydrogen) atoms. The molecule has 1 N–H and O–H groups in total. The molecule has 3 rings (SSSR count). The molecule has 5 nitrogen and oxygen atoms in total. The van der Waals surface area contributed by atoms with Crippen LogP contribution in [0.4, 0.5) is 8.78 Å². The Bertz CT molecular complexity index is 680. The third-order valence-electron chi connectivity index (χ3n) is 3.84. The number of nitrogens with one attached hydrogen (secondary N) is 1. The summed E-state index contributed by atoms with van der Waals surface area (Å²) in [5.74, 6) is -1.31. The molecule has 0 bridgehead atoms. The Morgan fingerprint density at radius 2 is 2.26 bits per heavy atom. The smallest absolute Gasteiger partial charge is 0.240 e. The van der Waals surface area contributed by atoms with Gasteiger partial charge in [-0.15, -0.1) is 5.10 Å². The molecular weight excluding hydrogens is 322 g/mol. The maximum atomic E-state index is 13.8. The summed E-state index contributed by atoms with van der Waals surface area (Å²) >= 11 is 1.26. The predicted molar refractivity (Wildman–Crippen MR) is 81.5 cm³/mol. The van der Waals surface area contributed by atoms with Gasteiger partial charge in [-0.05, 0) is 30.4 Å². The Morgan fingerprint density at radius 1 is 1.39 bits per heavy atom. The van der Waals surface area contributed by atoms with Crippen molar-refractivity contribution < 1.29 is 13.6 Å². The van der Waals surface area contributed by atoms with Gasteiger partial charge in [0.25, 0.3) is 0 Å². The van der Waals surface area contributed by atoms with Gasteiger partial charge in [0.1, 0.15) is 11.6 Å². The molecule has 0 aliphatic carbocycles. The standard InChI is InChI=1S/C15H16F2N4OS/c16-11-4-3-10(13(17)6-11)8-21-5-1-2-14(15(21)22)18-7-12-9-23-20-19-12/h3-4,6,9,14,18H,1-2,5,7-8H2/t14-/m1/s1. The number of piperidine rings is 1. The minimum absolute atomic E-state index is 0.0665. The number of aromatic nitrogens is 2. The number of benzene rings is 1. The van der Waals surface area contributed by atoms with E-state index in [0.29, 0.717) is 18.7 Å². The Hall–Kier alpha value is -1.93. The second-order valence-electron chi connectivity index (χ2n) is 5.47. The van der Waals surface area contributed by atoms with Gasteiger partial charge in [0.05, 0.1) is 11.7 Å². The molecule has 122 valence electrons. The summed E-state index contributed by atoms with van der Waals surface area (Å²) in [4.78, 5) is 14.1. The average molecular weight is 338 g/mol. The van der Waals surface area contributed by atoms with Gasteiger partial charge in [0, 0.05) is 36.6 Å². The van der Waals surface area contributed by atoms with Crippen LogP contribution in [0.5, 0.6) is 0 Å². The van der Waals surface area contributed by atoms with E-state index in [1.807, 2.05) is 5.38 Å². The topological polar surface area (TPSA) is 58.1 Å². The first-order chi connectivity index (χ1) is 11.1. The quantitative estimate of drug-likeness (QED) is 0.907. The monoisotopic (exact) mass is 338 g/mol. The number of carbonyl (C=O) groups is 1. The van der Waals surface area contributed by atoms with Gasteiger partial charge >= 0.3 is 0 Å². The molecule has 1 atom stereocenters. The lowest BCUT2D eigenvalue weighted by atomic mass is 10.0. The Labute approximate surface area is 136 Å². The van der Waals surface area contributed by atoms with Crippen LogP contribution in [0.25, 0.3) is 0 Å². The highest BCUT2D eigenvalue weighted by Gasteiger charge is 2.28. The van der Waals surface area contributed by atoms with E-state index in [-0.39, 0.29) is 18.5 Å². The summed E-state index contributed by atoms with van der Waals surface area (Å²) in [6.07, 6.45) is 1.57. The fourth-order valence-electron chi connectivity index (χ4n) is 2.63. The van der Waals surface area contributed by atoms with Crippen molar-refractivity contribution in [1.82, 2.24) is 19.8 Å². The highest BCUT2D eigenvalue weighted by molar-refractivity contribution is 7.03. The number of carbonyl (C=O) groups excluding carboxylic acids is 1. The van der Waals surface area contributed by atoms with E-state index >= 15 is 0 Å². The molecular formula is C15H16F2N4OS. The molecule has 1 aromatic carbocycles. The molecule has 1 aliphatic heterocycles. The van der Waals surface area contributed by atoms with Crippen molar-refractivity contribution in [3.05, 3.63) is 46.5 Å². The van der Waals surface area contributed by atoms with Crippen LogP contribution < -0.4 is 5.32 Å². The third-order valence-corrected chi connectivity index (χ3v) is 4.40. The van der Waals surface area contributed by atoms with Gasteiger partial charge in [0.15, 0.2) is 0 Å². The van der Waals surface area contributed by atoms with Gasteiger partial charge < -0.3 is 10.2 Å². The molecule has 1 fully saturated rings. The number of nitrogens with zero attached hydrogens (tertiary/aromatic N) is 3. The molecule has 1 amide bonds. The van der Waals surface area contributed by atoms with E-state index in [9.17, 15) is 13.6 Å². The van der Waals surface area contributed by atoms with Crippen LogP contribution >= 0.6 is 11.5 Å². The Morgan fingerprint density at radius 3 is 3.00 bits per heavy atom. The summed E-state index contributed by atoms with van der Waals surface area (Å²) in [6.45, 7) is 1.21. The summed E-state index contributed by atoms with van der Waals surface area (Å²) in [5.41, 5.74) is 1.12. The van der Waals surface area contributed by atoms with Gasteiger partial charge in [-0.1, -0.05) is 10.6 Å². The lowest BCUT2D eigenvalue weighted by Gasteiger charge is -2.32. The van der Waals surface area contributed by atoms with E-state index < -0.39 is 11.6 Å². The van der Waals surface area contributed by atoms with Crippen molar-refractivity contribution in [2.24, 2.45) is 0 Å². The Balaban J connectivity index is 1.62. The highest BCUT2D eigenvalue weighted by atomic mass is 32.1. The number of rotatable bonds is 5. The molecule has 0 unspecified atom stereocenters.